The fraction of sp³-hybridized carbons (Fsp3) is 0.462. The van der Waals surface area contributed by atoms with E-state index in [0.717, 1.165) is 6.42 Å². The van der Waals surface area contributed by atoms with Crippen LogP contribution in [-0.2, 0) is 19.6 Å². The van der Waals surface area contributed by atoms with Crippen molar-refractivity contribution in [2.45, 2.75) is 30.2 Å². The highest BCUT2D eigenvalue weighted by Gasteiger charge is 2.38. The van der Waals surface area contributed by atoms with Gasteiger partial charge in [0.25, 0.3) is 0 Å². The molecule has 1 fully saturated rings. The number of hydrogen-bond acceptors (Lipinski definition) is 4. The Morgan fingerprint density at radius 2 is 2.00 bits per heavy atom. The molecule has 0 aliphatic carbocycles. The number of piperidine rings is 1. The molecular weight excluding hydrogens is 337 g/mol. The lowest BCUT2D eigenvalue weighted by atomic mass is 10.1. The molecule has 1 aliphatic rings. The predicted molar refractivity (Wildman–Crippen MR) is 80.0 cm³/mol. The number of halogens is 2. The average molecular weight is 352 g/mol. The first-order valence-corrected chi connectivity index (χ1v) is 8.62. The minimum Gasteiger partial charge on any atom is -0.468 e. The van der Waals surface area contributed by atoms with Crippen molar-refractivity contribution >= 4 is 39.2 Å². The van der Waals surface area contributed by atoms with Crippen LogP contribution < -0.4 is 0 Å². The van der Waals surface area contributed by atoms with Gasteiger partial charge in [0, 0.05) is 6.54 Å². The van der Waals surface area contributed by atoms with Crippen molar-refractivity contribution in [1.29, 1.82) is 0 Å². The molecule has 0 saturated carbocycles. The number of benzene rings is 1. The molecule has 1 atom stereocenters. The Bertz CT molecular complexity index is 648. The summed E-state index contributed by atoms with van der Waals surface area (Å²) in [7, 11) is -2.57. The van der Waals surface area contributed by atoms with Crippen molar-refractivity contribution in [3.63, 3.8) is 0 Å². The van der Waals surface area contributed by atoms with E-state index < -0.39 is 22.0 Å². The Balaban J connectivity index is 2.40. The van der Waals surface area contributed by atoms with E-state index in [1.54, 1.807) is 0 Å². The summed E-state index contributed by atoms with van der Waals surface area (Å²) in [5.74, 6) is -0.543. The van der Waals surface area contributed by atoms with Crippen molar-refractivity contribution in [3.05, 3.63) is 28.2 Å². The van der Waals surface area contributed by atoms with Crippen LogP contribution in [0.2, 0.25) is 10.0 Å². The molecule has 0 amide bonds. The molecule has 0 N–H and O–H groups in total. The predicted octanol–water partition coefficient (Wildman–Crippen LogP) is 2.71. The van der Waals surface area contributed by atoms with Crippen LogP contribution >= 0.6 is 23.2 Å². The Labute approximate surface area is 133 Å². The number of methoxy groups -OCH3 is 1. The van der Waals surface area contributed by atoms with E-state index in [4.69, 9.17) is 27.9 Å². The maximum absolute atomic E-state index is 12.7. The first kappa shape index (κ1) is 16.5. The van der Waals surface area contributed by atoms with Crippen molar-refractivity contribution in [2.75, 3.05) is 13.7 Å². The van der Waals surface area contributed by atoms with E-state index in [2.05, 4.69) is 0 Å². The molecule has 2 rings (SSSR count). The van der Waals surface area contributed by atoms with Crippen LogP contribution in [0.4, 0.5) is 0 Å². The standard InChI is InChI=1S/C13H15Cl2NO4S/c1-20-13(17)12-4-2-3-7-16(12)21(18,19)9-5-6-10(14)11(15)8-9/h5-6,8,12H,2-4,7H2,1H3. The average Bonchev–Trinajstić information content (AvgIpc) is 2.49. The minimum atomic E-state index is -3.82. The normalized spacial score (nSPS) is 20.2. The topological polar surface area (TPSA) is 63.7 Å². The molecule has 1 unspecified atom stereocenters. The summed E-state index contributed by atoms with van der Waals surface area (Å²) in [5.41, 5.74) is 0. The van der Waals surface area contributed by atoms with E-state index in [9.17, 15) is 13.2 Å². The molecule has 0 bridgehead atoms. The lowest BCUT2D eigenvalue weighted by Gasteiger charge is -2.32. The SMILES string of the molecule is COC(=O)C1CCCCN1S(=O)(=O)c1ccc(Cl)c(Cl)c1. The van der Waals surface area contributed by atoms with E-state index in [1.807, 2.05) is 0 Å². The van der Waals surface area contributed by atoms with Gasteiger partial charge >= 0.3 is 5.97 Å². The third-order valence-corrected chi connectivity index (χ3v) is 6.07. The highest BCUT2D eigenvalue weighted by atomic mass is 35.5. The molecule has 0 radical (unpaired) electrons. The summed E-state index contributed by atoms with van der Waals surface area (Å²) >= 11 is 11.7. The fourth-order valence-corrected chi connectivity index (χ4v) is 4.37. The van der Waals surface area contributed by atoms with Gasteiger partial charge in [0.05, 0.1) is 22.1 Å². The van der Waals surface area contributed by atoms with Crippen LogP contribution in [0.1, 0.15) is 19.3 Å². The number of ether oxygens (including phenoxy) is 1. The molecule has 1 saturated heterocycles. The monoisotopic (exact) mass is 351 g/mol. The van der Waals surface area contributed by atoms with Crippen LogP contribution in [0.3, 0.4) is 0 Å². The quantitative estimate of drug-likeness (QED) is 0.785. The van der Waals surface area contributed by atoms with Crippen molar-refractivity contribution in [2.24, 2.45) is 0 Å². The van der Waals surface area contributed by atoms with Gasteiger partial charge in [-0.05, 0) is 37.5 Å². The van der Waals surface area contributed by atoms with Gasteiger partial charge in [-0.1, -0.05) is 23.2 Å². The number of nitrogens with zero attached hydrogens (tertiary/aromatic N) is 1. The summed E-state index contributed by atoms with van der Waals surface area (Å²) < 4.78 is 31.3. The molecular formula is C13H15Cl2NO4S. The zero-order valence-electron chi connectivity index (χ0n) is 11.4. The van der Waals surface area contributed by atoms with Crippen LogP contribution in [-0.4, -0.2) is 38.4 Å². The summed E-state index contributed by atoms with van der Waals surface area (Å²) in [4.78, 5) is 11.8. The van der Waals surface area contributed by atoms with Crippen LogP contribution in [0.15, 0.2) is 23.1 Å². The first-order chi connectivity index (χ1) is 9.87. The van der Waals surface area contributed by atoms with Gasteiger partial charge in [-0.25, -0.2) is 8.42 Å². The van der Waals surface area contributed by atoms with Crippen LogP contribution in [0.25, 0.3) is 0 Å². The number of sulfonamides is 1. The Morgan fingerprint density at radius 1 is 1.29 bits per heavy atom. The molecule has 5 nitrogen and oxygen atoms in total. The van der Waals surface area contributed by atoms with Crippen LogP contribution in [0.5, 0.6) is 0 Å². The second-order valence-corrected chi connectivity index (χ2v) is 7.43. The summed E-state index contributed by atoms with van der Waals surface area (Å²) in [5, 5.41) is 0.433. The van der Waals surface area contributed by atoms with Crippen molar-refractivity contribution in [3.8, 4) is 0 Å². The Hall–Kier alpha value is -0.820. The summed E-state index contributed by atoms with van der Waals surface area (Å²) in [6.45, 7) is 0.280. The molecule has 0 aromatic heterocycles. The number of hydrogen-bond donors (Lipinski definition) is 0. The largest absolute Gasteiger partial charge is 0.468 e. The highest BCUT2D eigenvalue weighted by molar-refractivity contribution is 7.89. The molecule has 1 aliphatic heterocycles. The second-order valence-electron chi connectivity index (χ2n) is 4.73. The lowest BCUT2D eigenvalue weighted by Crippen LogP contribution is -2.48. The lowest BCUT2D eigenvalue weighted by molar-refractivity contribution is -0.146. The van der Waals surface area contributed by atoms with Gasteiger partial charge < -0.3 is 4.74 Å². The maximum Gasteiger partial charge on any atom is 0.324 e. The number of carbonyl (C=O) groups excluding carboxylic acids is 1. The van der Waals surface area contributed by atoms with Crippen molar-refractivity contribution < 1.29 is 17.9 Å². The Kier molecular flexibility index (Phi) is 5.14. The van der Waals surface area contributed by atoms with Gasteiger partial charge in [0.1, 0.15) is 6.04 Å². The van der Waals surface area contributed by atoms with Gasteiger partial charge in [-0.3, -0.25) is 4.79 Å². The molecule has 8 heteroatoms. The smallest absolute Gasteiger partial charge is 0.324 e. The van der Waals surface area contributed by atoms with Gasteiger partial charge in [-0.2, -0.15) is 4.31 Å². The van der Waals surface area contributed by atoms with Gasteiger partial charge in [0.2, 0.25) is 10.0 Å². The molecule has 21 heavy (non-hydrogen) atoms. The van der Waals surface area contributed by atoms with Crippen LogP contribution in [0, 0.1) is 0 Å². The van der Waals surface area contributed by atoms with E-state index in [1.165, 1.54) is 29.6 Å². The number of carbonyl (C=O) groups is 1. The number of esters is 1. The molecule has 0 spiro atoms. The summed E-state index contributed by atoms with van der Waals surface area (Å²) in [6.07, 6.45) is 1.94. The van der Waals surface area contributed by atoms with Crippen molar-refractivity contribution in [1.82, 2.24) is 4.31 Å². The zero-order chi connectivity index (χ0) is 15.6. The molecule has 1 heterocycles. The minimum absolute atomic E-state index is 0.0210. The zero-order valence-corrected chi connectivity index (χ0v) is 13.7. The third-order valence-electron chi connectivity index (χ3n) is 3.42. The molecule has 1 aromatic rings. The second kappa shape index (κ2) is 6.52. The molecule has 1 aromatic carbocycles. The first-order valence-electron chi connectivity index (χ1n) is 6.42. The third kappa shape index (κ3) is 3.34. The highest BCUT2D eigenvalue weighted by Crippen LogP contribution is 2.30. The van der Waals surface area contributed by atoms with E-state index in [0.29, 0.717) is 12.8 Å². The maximum atomic E-state index is 12.7. The molecule has 116 valence electrons. The fourth-order valence-electron chi connectivity index (χ4n) is 2.34. The Morgan fingerprint density at radius 3 is 2.62 bits per heavy atom. The van der Waals surface area contributed by atoms with E-state index in [-0.39, 0.29) is 21.5 Å². The number of rotatable bonds is 3. The van der Waals surface area contributed by atoms with Gasteiger partial charge in [0.15, 0.2) is 0 Å². The van der Waals surface area contributed by atoms with Gasteiger partial charge in [-0.15, -0.1) is 0 Å². The summed E-state index contributed by atoms with van der Waals surface area (Å²) in [6, 6.07) is 3.31. The van der Waals surface area contributed by atoms with E-state index >= 15 is 0 Å².